The highest BCUT2D eigenvalue weighted by atomic mass is 35.5. The average molecular weight is 368 g/mol. The first-order valence-corrected chi connectivity index (χ1v) is 9.77. The summed E-state index contributed by atoms with van der Waals surface area (Å²) in [7, 11) is 0. The average Bonchev–Trinajstić information content (AvgIpc) is 2.48. The molecule has 0 radical (unpaired) electrons. The van der Waals surface area contributed by atoms with Crippen LogP contribution in [0.25, 0.3) is 0 Å². The van der Waals surface area contributed by atoms with Crippen LogP contribution in [0.5, 0.6) is 5.75 Å². The number of halogens is 2. The smallest absolute Gasteiger partial charge is 0.156 e. The predicted octanol–water partition coefficient (Wildman–Crippen LogP) is 3.17. The number of aliphatic hydroxyl groups is 1. The van der Waals surface area contributed by atoms with Gasteiger partial charge in [0.2, 0.25) is 0 Å². The molecule has 1 saturated heterocycles. The van der Waals surface area contributed by atoms with Crippen molar-refractivity contribution >= 4 is 46.7 Å². The molecular formula is C14H19Cl2NO2S2. The van der Waals surface area contributed by atoms with Gasteiger partial charge in [0.05, 0.1) is 10.0 Å². The van der Waals surface area contributed by atoms with Crippen molar-refractivity contribution in [3.8, 4) is 5.75 Å². The van der Waals surface area contributed by atoms with Gasteiger partial charge < -0.3 is 15.2 Å². The summed E-state index contributed by atoms with van der Waals surface area (Å²) < 4.78 is 5.51. The van der Waals surface area contributed by atoms with Crippen LogP contribution in [-0.2, 0) is 0 Å². The summed E-state index contributed by atoms with van der Waals surface area (Å²) in [5.41, 5.74) is 0. The molecule has 1 fully saturated rings. The zero-order chi connectivity index (χ0) is 15.1. The number of nitrogens with one attached hydrogen (secondary N) is 1. The van der Waals surface area contributed by atoms with Crippen molar-refractivity contribution in [3.63, 3.8) is 0 Å². The Morgan fingerprint density at radius 1 is 1.33 bits per heavy atom. The number of hydrogen-bond acceptors (Lipinski definition) is 5. The monoisotopic (exact) mass is 367 g/mol. The van der Waals surface area contributed by atoms with E-state index >= 15 is 0 Å². The Morgan fingerprint density at radius 2 is 2.10 bits per heavy atom. The van der Waals surface area contributed by atoms with Gasteiger partial charge in [-0.2, -0.15) is 23.5 Å². The summed E-state index contributed by atoms with van der Waals surface area (Å²) in [6, 6.07) is 5.19. The van der Waals surface area contributed by atoms with Crippen LogP contribution in [0.4, 0.5) is 0 Å². The van der Waals surface area contributed by atoms with Gasteiger partial charge in [0.25, 0.3) is 0 Å². The molecule has 21 heavy (non-hydrogen) atoms. The Hall–Kier alpha value is 0.220. The number of para-hydroxylation sites is 1. The molecule has 1 aromatic rings. The van der Waals surface area contributed by atoms with Crippen molar-refractivity contribution in [1.29, 1.82) is 0 Å². The van der Waals surface area contributed by atoms with E-state index in [-0.39, 0.29) is 6.61 Å². The first kappa shape index (κ1) is 17.6. The van der Waals surface area contributed by atoms with E-state index in [2.05, 4.69) is 5.32 Å². The van der Waals surface area contributed by atoms with Crippen molar-refractivity contribution < 1.29 is 9.84 Å². The lowest BCUT2D eigenvalue weighted by Gasteiger charge is -2.22. The van der Waals surface area contributed by atoms with E-state index in [1.165, 1.54) is 17.3 Å². The summed E-state index contributed by atoms with van der Waals surface area (Å²) in [5, 5.41) is 14.8. The zero-order valence-electron chi connectivity index (χ0n) is 11.6. The van der Waals surface area contributed by atoms with Crippen molar-refractivity contribution in [2.75, 3.05) is 37.0 Å². The van der Waals surface area contributed by atoms with Gasteiger partial charge in [-0.15, -0.1) is 0 Å². The maximum Gasteiger partial charge on any atom is 0.156 e. The topological polar surface area (TPSA) is 41.5 Å². The minimum atomic E-state index is -0.585. The zero-order valence-corrected chi connectivity index (χ0v) is 14.7. The molecule has 2 rings (SSSR count). The third-order valence-corrected chi connectivity index (χ3v) is 6.42. The second-order valence-electron chi connectivity index (χ2n) is 4.74. The molecule has 2 N–H and O–H groups in total. The summed E-state index contributed by atoms with van der Waals surface area (Å²) in [4.78, 5) is 0. The molecule has 3 nitrogen and oxygen atoms in total. The molecule has 0 saturated carbocycles. The van der Waals surface area contributed by atoms with Crippen molar-refractivity contribution in [1.82, 2.24) is 5.32 Å². The third kappa shape index (κ3) is 6.08. The minimum absolute atomic E-state index is 0.170. The van der Waals surface area contributed by atoms with E-state index in [0.29, 0.717) is 27.6 Å². The molecule has 0 bridgehead atoms. The van der Waals surface area contributed by atoms with Crippen LogP contribution < -0.4 is 10.1 Å². The quantitative estimate of drug-likeness (QED) is 0.774. The van der Waals surface area contributed by atoms with Crippen LogP contribution in [0, 0.1) is 0 Å². The highest BCUT2D eigenvalue weighted by molar-refractivity contribution is 8.06. The Bertz CT molecular complexity index is 425. The Kier molecular flexibility index (Phi) is 7.85. The van der Waals surface area contributed by atoms with Crippen LogP contribution in [0.2, 0.25) is 10.0 Å². The van der Waals surface area contributed by atoms with E-state index < -0.39 is 6.10 Å². The van der Waals surface area contributed by atoms with Gasteiger partial charge in [-0.05, 0) is 12.1 Å². The van der Waals surface area contributed by atoms with Crippen molar-refractivity contribution in [3.05, 3.63) is 28.2 Å². The van der Waals surface area contributed by atoms with E-state index in [4.69, 9.17) is 27.9 Å². The fourth-order valence-corrected chi connectivity index (χ4v) is 5.08. The van der Waals surface area contributed by atoms with Gasteiger partial charge in [0.15, 0.2) is 5.75 Å². The number of ether oxygens (including phenoxy) is 1. The highest BCUT2D eigenvalue weighted by Crippen LogP contribution is 2.32. The van der Waals surface area contributed by atoms with Gasteiger partial charge in [0, 0.05) is 35.6 Å². The van der Waals surface area contributed by atoms with Crippen LogP contribution in [0.15, 0.2) is 18.2 Å². The summed E-state index contributed by atoms with van der Waals surface area (Å²) >= 11 is 16.0. The molecule has 7 heteroatoms. The SMILES string of the molecule is OC(CNCC1CSCCS1)COc1c(Cl)cccc1Cl. The van der Waals surface area contributed by atoms with Crippen LogP contribution in [0.3, 0.4) is 0 Å². The largest absolute Gasteiger partial charge is 0.488 e. The lowest BCUT2D eigenvalue weighted by Crippen LogP contribution is -2.36. The van der Waals surface area contributed by atoms with E-state index in [1.54, 1.807) is 18.2 Å². The molecule has 1 heterocycles. The van der Waals surface area contributed by atoms with Crippen molar-refractivity contribution in [2.45, 2.75) is 11.4 Å². The maximum absolute atomic E-state index is 9.94. The van der Waals surface area contributed by atoms with Gasteiger partial charge in [-0.3, -0.25) is 0 Å². The second-order valence-corrected chi connectivity index (χ2v) is 8.11. The summed E-state index contributed by atoms with van der Waals surface area (Å²) in [6.45, 7) is 1.59. The molecule has 2 atom stereocenters. The lowest BCUT2D eigenvalue weighted by atomic mass is 10.3. The first-order chi connectivity index (χ1) is 10.2. The number of thioether (sulfide) groups is 2. The fourth-order valence-electron chi connectivity index (χ4n) is 1.92. The van der Waals surface area contributed by atoms with Gasteiger partial charge in [0.1, 0.15) is 12.7 Å². The second kappa shape index (κ2) is 9.38. The highest BCUT2D eigenvalue weighted by Gasteiger charge is 2.15. The van der Waals surface area contributed by atoms with Gasteiger partial charge in [-0.25, -0.2) is 0 Å². The third-order valence-electron chi connectivity index (χ3n) is 2.98. The predicted molar refractivity (Wildman–Crippen MR) is 94.4 cm³/mol. The van der Waals surface area contributed by atoms with Crippen LogP contribution >= 0.6 is 46.7 Å². The number of benzene rings is 1. The number of hydrogen-bond donors (Lipinski definition) is 2. The molecule has 118 valence electrons. The molecule has 1 aliphatic heterocycles. The minimum Gasteiger partial charge on any atom is -0.488 e. The van der Waals surface area contributed by atoms with E-state index in [1.807, 2.05) is 23.5 Å². The molecule has 0 spiro atoms. The van der Waals surface area contributed by atoms with E-state index in [9.17, 15) is 5.11 Å². The molecular weight excluding hydrogens is 349 g/mol. The molecule has 1 aromatic carbocycles. The van der Waals surface area contributed by atoms with Crippen molar-refractivity contribution in [2.24, 2.45) is 0 Å². The Balaban J connectivity index is 1.66. The van der Waals surface area contributed by atoms with E-state index in [0.717, 1.165) is 6.54 Å². The maximum atomic E-state index is 9.94. The van der Waals surface area contributed by atoms with Gasteiger partial charge >= 0.3 is 0 Å². The Labute approximate surface area is 144 Å². The molecule has 1 aliphatic rings. The molecule has 0 aliphatic carbocycles. The standard InChI is InChI=1S/C14H19Cl2NO2S2/c15-12-2-1-3-13(16)14(12)19-8-10(18)6-17-7-11-9-20-4-5-21-11/h1-3,10-11,17-18H,4-9H2. The Morgan fingerprint density at radius 3 is 2.76 bits per heavy atom. The first-order valence-electron chi connectivity index (χ1n) is 6.81. The fraction of sp³-hybridized carbons (Fsp3) is 0.571. The van der Waals surface area contributed by atoms with Gasteiger partial charge in [-0.1, -0.05) is 29.3 Å². The number of aliphatic hydroxyl groups excluding tert-OH is 1. The normalized spacial score (nSPS) is 20.2. The van der Waals surface area contributed by atoms with Crippen LogP contribution in [0.1, 0.15) is 0 Å². The molecule has 0 aromatic heterocycles. The number of rotatable bonds is 7. The lowest BCUT2D eigenvalue weighted by molar-refractivity contribution is 0.107. The molecule has 2 unspecified atom stereocenters. The molecule has 0 amide bonds. The summed E-state index contributed by atoms with van der Waals surface area (Å²) in [6.07, 6.45) is -0.585. The summed E-state index contributed by atoms with van der Waals surface area (Å²) in [5.74, 6) is 4.07. The van der Waals surface area contributed by atoms with Crippen LogP contribution in [-0.4, -0.2) is 53.4 Å².